The molecule has 0 bridgehead atoms. The van der Waals surface area contributed by atoms with Gasteiger partial charge < -0.3 is 5.73 Å². The molecule has 0 aromatic carbocycles. The molecule has 2 heterocycles. The number of thioether (sulfide) groups is 1. The number of aromatic nitrogens is 4. The van der Waals surface area contributed by atoms with Crippen molar-refractivity contribution < 1.29 is 4.79 Å². The van der Waals surface area contributed by atoms with Crippen LogP contribution in [0.5, 0.6) is 0 Å². The molecule has 6 nitrogen and oxygen atoms in total. The highest BCUT2D eigenvalue weighted by Gasteiger charge is 2.15. The Hall–Kier alpha value is -2.15. The number of nitrogens with two attached hydrogens (primary N) is 1. The van der Waals surface area contributed by atoms with Gasteiger partial charge >= 0.3 is 0 Å². The van der Waals surface area contributed by atoms with Crippen molar-refractivity contribution in [3.05, 3.63) is 30.6 Å². The minimum Gasteiger partial charge on any atom is -0.364 e. The first-order valence-electron chi connectivity index (χ1n) is 5.46. The average molecular weight is 275 g/mol. The third-order valence-corrected chi connectivity index (χ3v) is 2.96. The minimum absolute atomic E-state index is 0.183. The molecule has 7 heteroatoms. The second kappa shape index (κ2) is 5.23. The molecule has 0 atom stereocenters. The molecule has 0 aliphatic heterocycles. The second-order valence-corrected chi connectivity index (χ2v) is 4.63. The molecule has 0 aliphatic rings. The van der Waals surface area contributed by atoms with E-state index in [1.165, 1.54) is 11.8 Å². The summed E-state index contributed by atoms with van der Waals surface area (Å²) in [6.45, 7) is 5.62. The zero-order valence-corrected chi connectivity index (χ0v) is 11.4. The standard InChI is InChI=1S/C12H13N5OS/c1-7(2)17-10(6-9(16-17)11(13)18)8-4-5-14-12(15-8)19-3/h4-6H,1H2,2-3H3,(H2,13,18). The van der Waals surface area contributed by atoms with Crippen LogP contribution in [0.15, 0.2) is 30.1 Å². The lowest BCUT2D eigenvalue weighted by molar-refractivity contribution is 0.0995. The van der Waals surface area contributed by atoms with Crippen LogP contribution in [-0.4, -0.2) is 31.9 Å². The summed E-state index contributed by atoms with van der Waals surface area (Å²) in [6.07, 6.45) is 3.55. The highest BCUT2D eigenvalue weighted by Crippen LogP contribution is 2.22. The molecule has 0 unspecified atom stereocenters. The lowest BCUT2D eigenvalue weighted by Gasteiger charge is -2.06. The summed E-state index contributed by atoms with van der Waals surface area (Å²) < 4.78 is 1.55. The Bertz CT molecular complexity index is 649. The zero-order valence-electron chi connectivity index (χ0n) is 10.6. The van der Waals surface area contributed by atoms with E-state index in [1.54, 1.807) is 29.9 Å². The van der Waals surface area contributed by atoms with Crippen LogP contribution in [-0.2, 0) is 0 Å². The van der Waals surface area contributed by atoms with E-state index in [0.29, 0.717) is 22.2 Å². The number of nitrogens with zero attached hydrogens (tertiary/aromatic N) is 4. The Morgan fingerprint density at radius 1 is 1.53 bits per heavy atom. The van der Waals surface area contributed by atoms with Gasteiger partial charge in [0.15, 0.2) is 10.9 Å². The quantitative estimate of drug-likeness (QED) is 0.677. The van der Waals surface area contributed by atoms with Crippen molar-refractivity contribution in [2.24, 2.45) is 5.73 Å². The molecule has 0 fully saturated rings. The van der Waals surface area contributed by atoms with Crippen LogP contribution in [0.1, 0.15) is 17.4 Å². The molecule has 2 rings (SSSR count). The summed E-state index contributed by atoms with van der Waals surface area (Å²) in [5.41, 5.74) is 7.44. The van der Waals surface area contributed by atoms with E-state index >= 15 is 0 Å². The largest absolute Gasteiger partial charge is 0.364 e. The predicted molar refractivity (Wildman–Crippen MR) is 74.6 cm³/mol. The van der Waals surface area contributed by atoms with Crippen molar-refractivity contribution in [1.82, 2.24) is 19.7 Å². The summed E-state index contributed by atoms with van der Waals surface area (Å²) in [6, 6.07) is 3.35. The van der Waals surface area contributed by atoms with Gasteiger partial charge in [-0.1, -0.05) is 18.3 Å². The topological polar surface area (TPSA) is 86.7 Å². The first kappa shape index (κ1) is 13.3. The lowest BCUT2D eigenvalue weighted by atomic mass is 10.2. The van der Waals surface area contributed by atoms with Crippen molar-refractivity contribution in [3.8, 4) is 11.4 Å². The van der Waals surface area contributed by atoms with Crippen LogP contribution in [0.2, 0.25) is 0 Å². The molecule has 0 aliphatic carbocycles. The molecule has 0 saturated heterocycles. The first-order chi connectivity index (χ1) is 9.02. The molecule has 0 spiro atoms. The Balaban J connectivity index is 2.59. The number of hydrogen-bond donors (Lipinski definition) is 1. The van der Waals surface area contributed by atoms with Gasteiger partial charge in [0.25, 0.3) is 5.91 Å². The van der Waals surface area contributed by atoms with Gasteiger partial charge in [0.1, 0.15) is 0 Å². The van der Waals surface area contributed by atoms with E-state index in [9.17, 15) is 4.79 Å². The third-order valence-electron chi connectivity index (χ3n) is 2.40. The smallest absolute Gasteiger partial charge is 0.269 e. The molecule has 2 aromatic heterocycles. The molecule has 2 aromatic rings. The van der Waals surface area contributed by atoms with Crippen molar-refractivity contribution in [3.63, 3.8) is 0 Å². The highest BCUT2D eigenvalue weighted by atomic mass is 32.2. The monoisotopic (exact) mass is 275 g/mol. The summed E-state index contributed by atoms with van der Waals surface area (Å²) in [5, 5.41) is 4.76. The molecule has 2 N–H and O–H groups in total. The van der Waals surface area contributed by atoms with Gasteiger partial charge in [-0.15, -0.1) is 0 Å². The van der Waals surface area contributed by atoms with Crippen molar-refractivity contribution >= 4 is 23.4 Å². The number of carbonyl (C=O) groups is 1. The van der Waals surface area contributed by atoms with Crippen LogP contribution in [0.3, 0.4) is 0 Å². The Morgan fingerprint density at radius 3 is 2.84 bits per heavy atom. The van der Waals surface area contributed by atoms with E-state index in [2.05, 4.69) is 21.6 Å². The van der Waals surface area contributed by atoms with Gasteiger partial charge in [-0.05, 0) is 25.3 Å². The van der Waals surface area contributed by atoms with Crippen LogP contribution in [0.25, 0.3) is 17.1 Å². The van der Waals surface area contributed by atoms with Gasteiger partial charge in [-0.25, -0.2) is 14.6 Å². The molecule has 19 heavy (non-hydrogen) atoms. The number of amides is 1. The first-order valence-corrected chi connectivity index (χ1v) is 6.68. The Morgan fingerprint density at radius 2 is 2.26 bits per heavy atom. The minimum atomic E-state index is -0.583. The summed E-state index contributed by atoms with van der Waals surface area (Å²) in [7, 11) is 0. The van der Waals surface area contributed by atoms with E-state index in [0.717, 1.165) is 0 Å². The number of primary amides is 1. The Kier molecular flexibility index (Phi) is 3.66. The Labute approximate surface area is 114 Å². The fourth-order valence-electron chi connectivity index (χ4n) is 1.56. The molecule has 98 valence electrons. The van der Waals surface area contributed by atoms with Crippen molar-refractivity contribution in [2.75, 3.05) is 6.26 Å². The van der Waals surface area contributed by atoms with Crippen molar-refractivity contribution in [1.29, 1.82) is 0 Å². The summed E-state index contributed by atoms with van der Waals surface area (Å²) in [5.74, 6) is -0.583. The van der Waals surface area contributed by atoms with Crippen LogP contribution in [0, 0.1) is 0 Å². The maximum atomic E-state index is 11.2. The average Bonchev–Trinajstić information content (AvgIpc) is 2.84. The molecular formula is C12H13N5OS. The highest BCUT2D eigenvalue weighted by molar-refractivity contribution is 7.98. The zero-order chi connectivity index (χ0) is 14.0. The number of hydrogen-bond acceptors (Lipinski definition) is 5. The maximum absolute atomic E-state index is 11.2. The second-order valence-electron chi connectivity index (χ2n) is 3.85. The van der Waals surface area contributed by atoms with Crippen LogP contribution >= 0.6 is 11.8 Å². The predicted octanol–water partition coefficient (Wildman–Crippen LogP) is 1.65. The van der Waals surface area contributed by atoms with E-state index in [-0.39, 0.29) is 5.69 Å². The maximum Gasteiger partial charge on any atom is 0.269 e. The van der Waals surface area contributed by atoms with Gasteiger partial charge in [0.2, 0.25) is 0 Å². The number of rotatable bonds is 4. The normalized spacial score (nSPS) is 10.4. The molecule has 1 amide bonds. The molecule has 0 saturated carbocycles. The van der Waals surface area contributed by atoms with Gasteiger partial charge in [0.05, 0.1) is 11.4 Å². The van der Waals surface area contributed by atoms with Crippen LogP contribution < -0.4 is 5.73 Å². The fourth-order valence-corrected chi connectivity index (χ4v) is 1.91. The fraction of sp³-hybridized carbons (Fsp3) is 0.167. The third kappa shape index (κ3) is 2.65. The summed E-state index contributed by atoms with van der Waals surface area (Å²) >= 11 is 1.44. The van der Waals surface area contributed by atoms with Gasteiger partial charge in [0, 0.05) is 11.9 Å². The molecule has 0 radical (unpaired) electrons. The SMILES string of the molecule is C=C(C)n1nc(C(N)=O)cc1-c1ccnc(SC)n1. The number of carbonyl (C=O) groups excluding carboxylic acids is 1. The number of allylic oxidation sites excluding steroid dienone is 1. The van der Waals surface area contributed by atoms with Gasteiger partial charge in [-0.3, -0.25) is 4.79 Å². The van der Waals surface area contributed by atoms with Crippen molar-refractivity contribution in [2.45, 2.75) is 12.1 Å². The van der Waals surface area contributed by atoms with Crippen LogP contribution in [0.4, 0.5) is 0 Å². The van der Waals surface area contributed by atoms with Gasteiger partial charge in [-0.2, -0.15) is 5.10 Å². The van der Waals surface area contributed by atoms with E-state index in [4.69, 9.17) is 5.73 Å². The summed E-state index contributed by atoms with van der Waals surface area (Å²) in [4.78, 5) is 19.7. The lowest BCUT2D eigenvalue weighted by Crippen LogP contribution is -2.12. The van der Waals surface area contributed by atoms with E-state index in [1.807, 2.05) is 6.26 Å². The van der Waals surface area contributed by atoms with E-state index < -0.39 is 5.91 Å². The molecular weight excluding hydrogens is 262 g/mol.